The number of H-pyrrole nitrogens is 1. The van der Waals surface area contributed by atoms with Crippen LogP contribution in [0.3, 0.4) is 0 Å². The molecule has 2 aromatic rings. The van der Waals surface area contributed by atoms with Crippen molar-refractivity contribution in [2.24, 2.45) is 17.8 Å². The van der Waals surface area contributed by atoms with Gasteiger partial charge in [-0.15, -0.1) is 0 Å². The van der Waals surface area contributed by atoms with Gasteiger partial charge in [0.15, 0.2) is 0 Å². The van der Waals surface area contributed by atoms with Crippen molar-refractivity contribution in [2.75, 3.05) is 31.6 Å². The lowest BCUT2D eigenvalue weighted by molar-refractivity contribution is -0.114. The van der Waals surface area contributed by atoms with E-state index in [0.29, 0.717) is 24.4 Å². The number of amides is 1. The highest BCUT2D eigenvalue weighted by atomic mass is 19.3. The van der Waals surface area contributed by atoms with Crippen LogP contribution >= 0.6 is 0 Å². The number of alkyl halides is 2. The van der Waals surface area contributed by atoms with Crippen LogP contribution in [0, 0.1) is 17.8 Å². The molecule has 2 aliphatic rings. The molecular formula is C21H27F2N3O2. The van der Waals surface area contributed by atoms with Gasteiger partial charge in [-0.05, 0) is 55.2 Å². The molecule has 3 atom stereocenters. The normalized spacial score (nSPS) is 24.8. The smallest absolute Gasteiger partial charge is 0.251 e. The number of aromatic nitrogens is 1. The fraction of sp³-hybridized carbons (Fsp3) is 0.571. The van der Waals surface area contributed by atoms with Crippen molar-refractivity contribution in [3.05, 3.63) is 24.4 Å². The van der Waals surface area contributed by atoms with Gasteiger partial charge < -0.3 is 15.0 Å². The molecule has 1 aliphatic heterocycles. The quantitative estimate of drug-likeness (QED) is 0.747. The zero-order chi connectivity index (χ0) is 19.7. The summed E-state index contributed by atoms with van der Waals surface area (Å²) >= 11 is 0. The molecule has 0 radical (unpaired) electrons. The Morgan fingerprint density at radius 3 is 2.75 bits per heavy atom. The van der Waals surface area contributed by atoms with Gasteiger partial charge >= 0.3 is 0 Å². The van der Waals surface area contributed by atoms with Crippen LogP contribution in [0.25, 0.3) is 10.9 Å². The summed E-state index contributed by atoms with van der Waals surface area (Å²) in [5.41, 5.74) is 1.71. The van der Waals surface area contributed by atoms with Crippen molar-refractivity contribution in [1.82, 2.24) is 9.88 Å². The number of anilines is 1. The predicted octanol–water partition coefficient (Wildman–Crippen LogP) is 4.12. The summed E-state index contributed by atoms with van der Waals surface area (Å²) in [5, 5.41) is 3.75. The van der Waals surface area contributed by atoms with Crippen LogP contribution in [0.1, 0.15) is 26.2 Å². The van der Waals surface area contributed by atoms with Crippen molar-refractivity contribution in [1.29, 1.82) is 0 Å². The van der Waals surface area contributed by atoms with Gasteiger partial charge in [-0.1, -0.05) is 0 Å². The van der Waals surface area contributed by atoms with E-state index in [9.17, 15) is 13.6 Å². The van der Waals surface area contributed by atoms with Crippen LogP contribution in [0.5, 0.6) is 5.75 Å². The molecule has 28 heavy (non-hydrogen) atoms. The average molecular weight is 391 g/mol. The topological polar surface area (TPSA) is 57.4 Å². The number of fused-ring (bicyclic) bond motifs is 2. The summed E-state index contributed by atoms with van der Waals surface area (Å²) < 4.78 is 31.1. The Hall–Kier alpha value is -2.15. The van der Waals surface area contributed by atoms with E-state index in [2.05, 4.69) is 10.3 Å². The molecule has 4 rings (SSSR count). The Kier molecular flexibility index (Phi) is 5.53. The summed E-state index contributed by atoms with van der Waals surface area (Å²) in [6, 6.07) is 5.83. The van der Waals surface area contributed by atoms with Gasteiger partial charge in [0.1, 0.15) is 5.75 Å². The SMILES string of the molecule is CC(=O)Nc1c[nH]c2ccc(OCC[C@@H]3C[C@@H]4CN(CC(F)F)C[C@@H]4C3)cc12. The van der Waals surface area contributed by atoms with Crippen LogP contribution in [0.2, 0.25) is 0 Å². The number of nitrogens with zero attached hydrogens (tertiary/aromatic N) is 1. The van der Waals surface area contributed by atoms with Gasteiger partial charge in [0.05, 0.1) is 18.8 Å². The summed E-state index contributed by atoms with van der Waals surface area (Å²) in [7, 11) is 0. The summed E-state index contributed by atoms with van der Waals surface area (Å²) in [4.78, 5) is 16.4. The van der Waals surface area contributed by atoms with Crippen LogP contribution in [-0.2, 0) is 4.79 Å². The molecule has 1 saturated heterocycles. The number of halogens is 2. The Balaban J connectivity index is 1.27. The Labute approximate surface area is 163 Å². The first kappa shape index (κ1) is 19.2. The molecule has 2 N–H and O–H groups in total. The van der Waals surface area contributed by atoms with E-state index in [1.54, 1.807) is 6.20 Å². The molecule has 2 heterocycles. The molecule has 152 valence electrons. The van der Waals surface area contributed by atoms with E-state index in [1.807, 2.05) is 23.1 Å². The van der Waals surface area contributed by atoms with E-state index in [4.69, 9.17) is 4.74 Å². The van der Waals surface area contributed by atoms with Gasteiger partial charge in [-0.3, -0.25) is 9.69 Å². The molecule has 1 aliphatic carbocycles. The lowest BCUT2D eigenvalue weighted by atomic mass is 10.0. The highest BCUT2D eigenvalue weighted by Gasteiger charge is 2.40. The molecule has 0 unspecified atom stereocenters. The van der Waals surface area contributed by atoms with Crippen molar-refractivity contribution in [2.45, 2.75) is 32.6 Å². The van der Waals surface area contributed by atoms with E-state index in [-0.39, 0.29) is 12.5 Å². The Bertz CT molecular complexity index is 824. The fourth-order valence-corrected chi connectivity index (χ4v) is 4.93. The lowest BCUT2D eigenvalue weighted by Crippen LogP contribution is -2.27. The third kappa shape index (κ3) is 4.29. The minimum Gasteiger partial charge on any atom is -0.494 e. The number of hydrogen-bond donors (Lipinski definition) is 2. The first-order valence-corrected chi connectivity index (χ1v) is 10.00. The monoisotopic (exact) mass is 391 g/mol. The van der Waals surface area contributed by atoms with Crippen LogP contribution in [-0.4, -0.2) is 48.5 Å². The molecule has 2 fully saturated rings. The Morgan fingerprint density at radius 1 is 1.32 bits per heavy atom. The highest BCUT2D eigenvalue weighted by molar-refractivity contribution is 6.01. The number of rotatable bonds is 7. The van der Waals surface area contributed by atoms with Crippen molar-refractivity contribution < 1.29 is 18.3 Å². The molecule has 1 aromatic carbocycles. The molecule has 0 spiro atoms. The third-order valence-corrected chi connectivity index (χ3v) is 6.08. The fourth-order valence-electron chi connectivity index (χ4n) is 4.93. The van der Waals surface area contributed by atoms with Crippen molar-refractivity contribution >= 4 is 22.5 Å². The molecule has 1 aromatic heterocycles. The minimum atomic E-state index is -2.23. The van der Waals surface area contributed by atoms with E-state index < -0.39 is 6.43 Å². The zero-order valence-corrected chi connectivity index (χ0v) is 16.1. The van der Waals surface area contributed by atoms with Gasteiger partial charge in [0.2, 0.25) is 5.91 Å². The van der Waals surface area contributed by atoms with Crippen LogP contribution in [0.15, 0.2) is 24.4 Å². The number of ether oxygens (including phenoxy) is 1. The molecule has 0 bridgehead atoms. The van der Waals surface area contributed by atoms with Gasteiger partial charge in [-0.25, -0.2) is 8.78 Å². The largest absolute Gasteiger partial charge is 0.494 e. The van der Waals surface area contributed by atoms with Gasteiger partial charge in [0, 0.05) is 37.1 Å². The standard InChI is InChI=1S/C21H27F2N3O2/c1-13(27)25-20-9-24-19-3-2-17(8-18(19)20)28-5-4-14-6-15-10-26(12-21(22)23)11-16(15)7-14/h2-3,8-9,14-16,21,24H,4-7,10-12H2,1H3,(H,25,27)/t14-,15-,16+. The second-order valence-electron chi connectivity index (χ2n) is 8.20. The number of carbonyl (C=O) groups is 1. The number of nitrogens with one attached hydrogen (secondary N) is 2. The van der Waals surface area contributed by atoms with Crippen molar-refractivity contribution in [3.8, 4) is 5.75 Å². The summed E-state index contributed by atoms with van der Waals surface area (Å²) in [5.74, 6) is 2.45. The van der Waals surface area contributed by atoms with E-state index in [0.717, 1.165) is 54.7 Å². The maximum atomic E-state index is 12.6. The maximum absolute atomic E-state index is 12.6. The number of likely N-dealkylation sites (tertiary alicyclic amines) is 1. The lowest BCUT2D eigenvalue weighted by Gasteiger charge is -2.18. The maximum Gasteiger partial charge on any atom is 0.251 e. The number of carbonyl (C=O) groups excluding carboxylic acids is 1. The highest BCUT2D eigenvalue weighted by Crippen LogP contribution is 2.43. The predicted molar refractivity (Wildman–Crippen MR) is 105 cm³/mol. The van der Waals surface area contributed by atoms with Gasteiger partial charge in [-0.2, -0.15) is 0 Å². The first-order chi connectivity index (χ1) is 13.5. The van der Waals surface area contributed by atoms with Crippen LogP contribution < -0.4 is 10.1 Å². The Morgan fingerprint density at radius 2 is 2.07 bits per heavy atom. The zero-order valence-electron chi connectivity index (χ0n) is 16.1. The van der Waals surface area contributed by atoms with E-state index in [1.165, 1.54) is 6.92 Å². The first-order valence-electron chi connectivity index (χ1n) is 10.00. The summed E-state index contributed by atoms with van der Waals surface area (Å²) in [6.45, 7) is 3.70. The average Bonchev–Trinajstić information content (AvgIpc) is 3.27. The van der Waals surface area contributed by atoms with Crippen molar-refractivity contribution in [3.63, 3.8) is 0 Å². The van der Waals surface area contributed by atoms with E-state index >= 15 is 0 Å². The molecule has 7 heteroatoms. The molecule has 1 saturated carbocycles. The number of benzene rings is 1. The number of hydrogen-bond acceptors (Lipinski definition) is 3. The second-order valence-corrected chi connectivity index (χ2v) is 8.20. The second kappa shape index (κ2) is 8.07. The molecular weight excluding hydrogens is 364 g/mol. The molecule has 1 amide bonds. The minimum absolute atomic E-state index is 0.0805. The van der Waals surface area contributed by atoms with Crippen LogP contribution in [0.4, 0.5) is 14.5 Å². The third-order valence-electron chi connectivity index (χ3n) is 6.08. The van der Waals surface area contributed by atoms with Gasteiger partial charge in [0.25, 0.3) is 6.43 Å². The molecule has 5 nitrogen and oxygen atoms in total. The summed E-state index contributed by atoms with van der Waals surface area (Å²) in [6.07, 6.45) is 2.79. The number of aromatic amines is 1.